The molecule has 0 radical (unpaired) electrons. The highest BCUT2D eigenvalue weighted by Gasteiger charge is 2.42. The standard InChI is InChI=1S/C12H7F5O2/c1-3-4(2)12(18)19-11(3)5-6(13)8(15)10(17)9(16)7(5)14/h3,11H,2H2,1H3/t3-,11+/m1/s1. The van der Waals surface area contributed by atoms with Crippen LogP contribution in [-0.2, 0) is 9.53 Å². The van der Waals surface area contributed by atoms with Gasteiger partial charge in [0.25, 0.3) is 0 Å². The van der Waals surface area contributed by atoms with Crippen LogP contribution >= 0.6 is 0 Å². The third-order valence-electron chi connectivity index (χ3n) is 3.03. The van der Waals surface area contributed by atoms with Gasteiger partial charge < -0.3 is 4.74 Å². The van der Waals surface area contributed by atoms with Gasteiger partial charge in [0.2, 0.25) is 5.82 Å². The minimum Gasteiger partial charge on any atom is -0.453 e. The summed E-state index contributed by atoms with van der Waals surface area (Å²) in [5, 5.41) is 0. The Morgan fingerprint density at radius 1 is 0.947 bits per heavy atom. The summed E-state index contributed by atoms with van der Waals surface area (Å²) in [6, 6.07) is 0. The second-order valence-corrected chi connectivity index (χ2v) is 4.12. The molecule has 1 heterocycles. The second kappa shape index (κ2) is 4.32. The van der Waals surface area contributed by atoms with Gasteiger partial charge in [-0.15, -0.1) is 0 Å². The average molecular weight is 278 g/mol. The molecule has 1 aliphatic heterocycles. The molecule has 1 aliphatic rings. The Balaban J connectivity index is 2.65. The van der Waals surface area contributed by atoms with E-state index in [4.69, 9.17) is 0 Å². The SMILES string of the molecule is C=C1C(=O)O[C@H](c2c(F)c(F)c(F)c(F)c2F)[C@@H]1C. The predicted octanol–water partition coefficient (Wildman–Crippen LogP) is 3.17. The Bertz CT molecular complexity index is 567. The van der Waals surface area contributed by atoms with Crippen LogP contribution in [0.15, 0.2) is 12.2 Å². The summed E-state index contributed by atoms with van der Waals surface area (Å²) < 4.78 is 70.7. The van der Waals surface area contributed by atoms with Crippen molar-refractivity contribution in [3.8, 4) is 0 Å². The zero-order valence-electron chi connectivity index (χ0n) is 9.57. The fraction of sp³-hybridized carbons (Fsp3) is 0.250. The molecule has 2 atom stereocenters. The summed E-state index contributed by atoms with van der Waals surface area (Å²) in [5.74, 6) is -12.2. The Labute approximate surface area is 104 Å². The first-order chi connectivity index (χ1) is 8.77. The number of halogens is 5. The van der Waals surface area contributed by atoms with E-state index in [1.54, 1.807) is 0 Å². The molecule has 7 heteroatoms. The van der Waals surface area contributed by atoms with Gasteiger partial charge in [-0.25, -0.2) is 26.7 Å². The van der Waals surface area contributed by atoms with E-state index in [2.05, 4.69) is 11.3 Å². The summed E-state index contributed by atoms with van der Waals surface area (Å²) in [6.07, 6.45) is -1.58. The maximum atomic E-state index is 13.5. The number of esters is 1. The number of hydrogen-bond donors (Lipinski definition) is 0. The number of hydrogen-bond acceptors (Lipinski definition) is 2. The molecule has 0 aliphatic carbocycles. The first-order valence-electron chi connectivity index (χ1n) is 5.18. The minimum atomic E-state index is -2.26. The van der Waals surface area contributed by atoms with Crippen LogP contribution in [0.5, 0.6) is 0 Å². The molecule has 1 aromatic carbocycles. The van der Waals surface area contributed by atoms with Crippen molar-refractivity contribution in [2.75, 3.05) is 0 Å². The van der Waals surface area contributed by atoms with E-state index >= 15 is 0 Å². The van der Waals surface area contributed by atoms with Crippen molar-refractivity contribution in [1.29, 1.82) is 0 Å². The van der Waals surface area contributed by atoms with Gasteiger partial charge in [-0.05, 0) is 0 Å². The number of cyclic esters (lactones) is 1. The molecule has 2 rings (SSSR count). The third kappa shape index (κ3) is 1.80. The number of carbonyl (C=O) groups is 1. The molecule has 1 saturated heterocycles. The largest absolute Gasteiger partial charge is 0.453 e. The van der Waals surface area contributed by atoms with Crippen molar-refractivity contribution < 1.29 is 31.5 Å². The van der Waals surface area contributed by atoms with Crippen LogP contribution in [0.3, 0.4) is 0 Å². The van der Waals surface area contributed by atoms with Crippen molar-refractivity contribution in [3.05, 3.63) is 46.8 Å². The van der Waals surface area contributed by atoms with E-state index in [0.29, 0.717) is 0 Å². The fourth-order valence-electron chi connectivity index (χ4n) is 1.84. The second-order valence-electron chi connectivity index (χ2n) is 4.12. The van der Waals surface area contributed by atoms with Crippen molar-refractivity contribution >= 4 is 5.97 Å². The Hall–Kier alpha value is -1.92. The molecule has 102 valence electrons. The molecule has 0 saturated carbocycles. The van der Waals surface area contributed by atoms with Crippen LogP contribution in [0.25, 0.3) is 0 Å². The van der Waals surface area contributed by atoms with Crippen LogP contribution in [-0.4, -0.2) is 5.97 Å². The van der Waals surface area contributed by atoms with Gasteiger partial charge in [0.1, 0.15) is 6.10 Å². The fourth-order valence-corrected chi connectivity index (χ4v) is 1.84. The minimum absolute atomic E-state index is 0.0889. The van der Waals surface area contributed by atoms with E-state index < -0.39 is 52.6 Å². The molecule has 0 unspecified atom stereocenters. The molecule has 0 spiro atoms. The van der Waals surface area contributed by atoms with Gasteiger partial charge in [0.15, 0.2) is 23.3 Å². The normalized spacial score (nSPS) is 22.8. The average Bonchev–Trinajstić information content (AvgIpc) is 2.62. The first kappa shape index (κ1) is 13.5. The summed E-state index contributed by atoms with van der Waals surface area (Å²) in [6.45, 7) is 4.68. The lowest BCUT2D eigenvalue weighted by Gasteiger charge is -2.16. The summed E-state index contributed by atoms with van der Waals surface area (Å²) in [5.41, 5.74) is -1.25. The van der Waals surface area contributed by atoms with Crippen molar-refractivity contribution in [1.82, 2.24) is 0 Å². The molecule has 2 nitrogen and oxygen atoms in total. The maximum Gasteiger partial charge on any atom is 0.334 e. The van der Waals surface area contributed by atoms with Crippen LogP contribution < -0.4 is 0 Å². The zero-order valence-corrected chi connectivity index (χ0v) is 9.57. The van der Waals surface area contributed by atoms with E-state index in [-0.39, 0.29) is 5.57 Å². The van der Waals surface area contributed by atoms with Gasteiger partial charge in [-0.1, -0.05) is 13.5 Å². The monoisotopic (exact) mass is 278 g/mol. The van der Waals surface area contributed by atoms with Gasteiger partial charge in [-0.2, -0.15) is 0 Å². The molecule has 0 amide bonds. The summed E-state index contributed by atoms with van der Waals surface area (Å²) in [7, 11) is 0. The molecule has 0 bridgehead atoms. The predicted molar refractivity (Wildman–Crippen MR) is 53.4 cm³/mol. The Kier molecular flexibility index (Phi) is 3.07. The topological polar surface area (TPSA) is 26.3 Å². The van der Waals surface area contributed by atoms with Crippen LogP contribution in [0.2, 0.25) is 0 Å². The number of rotatable bonds is 1. The first-order valence-corrected chi connectivity index (χ1v) is 5.18. The van der Waals surface area contributed by atoms with E-state index in [1.807, 2.05) is 0 Å². The molecule has 19 heavy (non-hydrogen) atoms. The lowest BCUT2D eigenvalue weighted by Crippen LogP contribution is -2.14. The summed E-state index contributed by atoms with van der Waals surface area (Å²) in [4.78, 5) is 11.2. The molecular weight excluding hydrogens is 271 g/mol. The van der Waals surface area contributed by atoms with E-state index in [0.717, 1.165) is 0 Å². The summed E-state index contributed by atoms with van der Waals surface area (Å²) >= 11 is 0. The van der Waals surface area contributed by atoms with E-state index in [1.165, 1.54) is 6.92 Å². The van der Waals surface area contributed by atoms with Gasteiger partial charge in [0.05, 0.1) is 5.56 Å². The Morgan fingerprint density at radius 3 is 1.74 bits per heavy atom. The number of benzene rings is 1. The number of carbonyl (C=O) groups excluding carboxylic acids is 1. The van der Waals surface area contributed by atoms with Crippen molar-refractivity contribution in [2.24, 2.45) is 5.92 Å². The lowest BCUT2D eigenvalue weighted by atomic mass is 9.93. The lowest BCUT2D eigenvalue weighted by molar-refractivity contribution is -0.139. The highest BCUT2D eigenvalue weighted by molar-refractivity contribution is 5.90. The van der Waals surface area contributed by atoms with Crippen LogP contribution in [0.4, 0.5) is 22.0 Å². The molecule has 0 N–H and O–H groups in total. The van der Waals surface area contributed by atoms with Crippen molar-refractivity contribution in [3.63, 3.8) is 0 Å². The highest BCUT2D eigenvalue weighted by atomic mass is 19.2. The van der Waals surface area contributed by atoms with Crippen molar-refractivity contribution in [2.45, 2.75) is 13.0 Å². The molecule has 1 fully saturated rings. The van der Waals surface area contributed by atoms with Gasteiger partial charge >= 0.3 is 5.97 Å². The van der Waals surface area contributed by atoms with Crippen LogP contribution in [0.1, 0.15) is 18.6 Å². The maximum absolute atomic E-state index is 13.5. The van der Waals surface area contributed by atoms with Gasteiger partial charge in [-0.3, -0.25) is 0 Å². The highest BCUT2D eigenvalue weighted by Crippen LogP contribution is 2.41. The van der Waals surface area contributed by atoms with E-state index in [9.17, 15) is 26.7 Å². The Morgan fingerprint density at radius 2 is 1.37 bits per heavy atom. The van der Waals surface area contributed by atoms with Gasteiger partial charge in [0, 0.05) is 11.5 Å². The molecular formula is C12H7F5O2. The number of ether oxygens (including phenoxy) is 1. The molecule has 0 aromatic heterocycles. The third-order valence-corrected chi connectivity index (χ3v) is 3.03. The zero-order chi connectivity index (χ0) is 14.5. The quantitative estimate of drug-likeness (QED) is 0.259. The van der Waals surface area contributed by atoms with Crippen LogP contribution in [0, 0.1) is 35.0 Å². The smallest absolute Gasteiger partial charge is 0.334 e. The molecule has 1 aromatic rings.